The highest BCUT2D eigenvalue weighted by Gasteiger charge is 2.53. The Morgan fingerprint density at radius 2 is 1.86 bits per heavy atom. The lowest BCUT2D eigenvalue weighted by Crippen LogP contribution is -2.56. The second kappa shape index (κ2) is 7.44. The molecule has 1 amide bonds. The topological polar surface area (TPSA) is 64.9 Å². The molecule has 1 atom stereocenters. The van der Waals surface area contributed by atoms with Crippen LogP contribution in [0.4, 0.5) is 5.69 Å². The first-order valence-electron chi connectivity index (χ1n) is 10.3. The van der Waals surface area contributed by atoms with Crippen LogP contribution in [0.2, 0.25) is 5.02 Å². The molecular formula is C23H28ClN3O. The van der Waals surface area contributed by atoms with Gasteiger partial charge in [-0.05, 0) is 93.2 Å². The van der Waals surface area contributed by atoms with Crippen LogP contribution >= 0.6 is 11.6 Å². The number of halogens is 1. The smallest absolute Gasteiger partial charge is 0.263 e. The standard InChI is InChI=1S/C23H28ClN3O/c1-14-3-4-20(24)8-21(14)26-13-19(12-25)22(28)27-15(2)23-9-16-5-17(10-23)7-18(6-16)11-23/h3-4,8,13,15-18,26H,5-7,9-11H2,1-2H3,(H,27,28)/b19-13-. The molecule has 4 nitrogen and oxygen atoms in total. The van der Waals surface area contributed by atoms with Crippen molar-refractivity contribution in [3.05, 3.63) is 40.6 Å². The number of aryl methyl sites for hydroxylation is 1. The van der Waals surface area contributed by atoms with E-state index in [0.717, 1.165) is 29.0 Å². The number of carbonyl (C=O) groups is 1. The lowest BCUT2D eigenvalue weighted by Gasteiger charge is -2.59. The summed E-state index contributed by atoms with van der Waals surface area (Å²) in [6.07, 6.45) is 9.31. The summed E-state index contributed by atoms with van der Waals surface area (Å²) in [7, 11) is 0. The third kappa shape index (κ3) is 3.65. The Morgan fingerprint density at radius 1 is 1.25 bits per heavy atom. The second-order valence-electron chi connectivity index (χ2n) is 9.25. The number of amides is 1. The minimum Gasteiger partial charge on any atom is -0.360 e. The lowest BCUT2D eigenvalue weighted by molar-refractivity contribution is -0.122. The molecule has 1 unspecified atom stereocenters. The molecule has 2 N–H and O–H groups in total. The van der Waals surface area contributed by atoms with Crippen molar-refractivity contribution in [2.24, 2.45) is 23.2 Å². The highest BCUT2D eigenvalue weighted by molar-refractivity contribution is 6.30. The minimum atomic E-state index is -0.294. The number of nitriles is 1. The maximum Gasteiger partial charge on any atom is 0.263 e. The molecule has 148 valence electrons. The molecule has 0 heterocycles. The van der Waals surface area contributed by atoms with E-state index < -0.39 is 0 Å². The van der Waals surface area contributed by atoms with Gasteiger partial charge in [0.15, 0.2) is 0 Å². The summed E-state index contributed by atoms with van der Waals surface area (Å²) in [5.74, 6) is 2.22. The highest BCUT2D eigenvalue weighted by atomic mass is 35.5. The van der Waals surface area contributed by atoms with Crippen LogP contribution in [0.25, 0.3) is 0 Å². The number of anilines is 1. The zero-order valence-electron chi connectivity index (χ0n) is 16.6. The molecule has 28 heavy (non-hydrogen) atoms. The fourth-order valence-electron chi connectivity index (χ4n) is 6.18. The van der Waals surface area contributed by atoms with Crippen molar-refractivity contribution >= 4 is 23.2 Å². The van der Waals surface area contributed by atoms with E-state index in [1.165, 1.54) is 44.7 Å². The minimum absolute atomic E-state index is 0.0935. The van der Waals surface area contributed by atoms with Crippen LogP contribution in [0.15, 0.2) is 30.0 Å². The van der Waals surface area contributed by atoms with Gasteiger partial charge in [-0.3, -0.25) is 4.79 Å². The van der Waals surface area contributed by atoms with Crippen LogP contribution < -0.4 is 10.6 Å². The van der Waals surface area contributed by atoms with Gasteiger partial charge in [0.25, 0.3) is 5.91 Å². The number of nitrogens with one attached hydrogen (secondary N) is 2. The summed E-state index contributed by atoms with van der Waals surface area (Å²) in [5.41, 5.74) is 2.11. The molecule has 4 saturated carbocycles. The maximum atomic E-state index is 12.8. The third-order valence-corrected chi connectivity index (χ3v) is 7.52. The molecule has 0 saturated heterocycles. The average Bonchev–Trinajstić information content (AvgIpc) is 2.63. The van der Waals surface area contributed by atoms with Crippen molar-refractivity contribution in [1.29, 1.82) is 5.26 Å². The number of nitrogens with zero attached hydrogens (tertiary/aromatic N) is 1. The van der Waals surface area contributed by atoms with Gasteiger partial charge in [0.05, 0.1) is 0 Å². The lowest BCUT2D eigenvalue weighted by atomic mass is 9.48. The van der Waals surface area contributed by atoms with Crippen LogP contribution in [0, 0.1) is 41.4 Å². The Labute approximate surface area is 172 Å². The molecule has 4 fully saturated rings. The van der Waals surface area contributed by atoms with Crippen molar-refractivity contribution in [2.75, 3.05) is 5.32 Å². The summed E-state index contributed by atoms with van der Waals surface area (Å²) < 4.78 is 0. The monoisotopic (exact) mass is 397 g/mol. The Morgan fingerprint density at radius 3 is 2.43 bits per heavy atom. The van der Waals surface area contributed by atoms with Crippen molar-refractivity contribution in [3.63, 3.8) is 0 Å². The molecule has 0 aromatic heterocycles. The fraction of sp³-hybridized carbons (Fsp3) is 0.565. The zero-order valence-corrected chi connectivity index (χ0v) is 17.4. The normalized spacial score (nSPS) is 31.9. The molecule has 5 rings (SSSR count). The molecule has 1 aromatic carbocycles. The third-order valence-electron chi connectivity index (χ3n) is 7.29. The van der Waals surface area contributed by atoms with Crippen molar-refractivity contribution in [3.8, 4) is 6.07 Å². The fourth-order valence-corrected chi connectivity index (χ4v) is 6.36. The largest absolute Gasteiger partial charge is 0.360 e. The van der Waals surface area contributed by atoms with Crippen LogP contribution in [-0.2, 0) is 4.79 Å². The van der Waals surface area contributed by atoms with E-state index in [0.29, 0.717) is 5.02 Å². The number of hydrogen-bond acceptors (Lipinski definition) is 3. The Kier molecular flexibility index (Phi) is 5.14. The first kappa shape index (κ1) is 19.3. The van der Waals surface area contributed by atoms with E-state index in [-0.39, 0.29) is 22.9 Å². The molecule has 0 radical (unpaired) electrons. The van der Waals surface area contributed by atoms with Crippen molar-refractivity contribution in [1.82, 2.24) is 5.32 Å². The van der Waals surface area contributed by atoms with Crippen LogP contribution in [0.5, 0.6) is 0 Å². The Hall–Kier alpha value is -1.99. The summed E-state index contributed by atoms with van der Waals surface area (Å²) in [6.45, 7) is 4.09. The summed E-state index contributed by atoms with van der Waals surface area (Å²) in [6, 6.07) is 7.64. The quantitative estimate of drug-likeness (QED) is 0.530. The van der Waals surface area contributed by atoms with E-state index in [9.17, 15) is 10.1 Å². The van der Waals surface area contributed by atoms with Gasteiger partial charge in [-0.25, -0.2) is 0 Å². The first-order chi connectivity index (χ1) is 13.4. The number of hydrogen-bond donors (Lipinski definition) is 2. The molecule has 5 heteroatoms. The van der Waals surface area contributed by atoms with Gasteiger partial charge in [0, 0.05) is 23.0 Å². The van der Waals surface area contributed by atoms with Gasteiger partial charge in [-0.1, -0.05) is 17.7 Å². The van der Waals surface area contributed by atoms with Gasteiger partial charge in [-0.2, -0.15) is 5.26 Å². The predicted octanol–water partition coefficient (Wildman–Crippen LogP) is 5.19. The highest BCUT2D eigenvalue weighted by Crippen LogP contribution is 2.61. The molecule has 4 bridgehead atoms. The van der Waals surface area contributed by atoms with Crippen LogP contribution in [-0.4, -0.2) is 11.9 Å². The van der Waals surface area contributed by atoms with Gasteiger partial charge in [0.2, 0.25) is 0 Å². The summed E-state index contributed by atoms with van der Waals surface area (Å²) in [4.78, 5) is 12.8. The van der Waals surface area contributed by atoms with Gasteiger partial charge in [0.1, 0.15) is 11.6 Å². The van der Waals surface area contributed by atoms with Crippen LogP contribution in [0.1, 0.15) is 51.0 Å². The SMILES string of the molecule is Cc1ccc(Cl)cc1N/C=C(/C#N)C(=O)NC(C)C12CC3CC(CC(C3)C1)C2. The van der Waals surface area contributed by atoms with E-state index in [2.05, 4.69) is 17.6 Å². The molecule has 0 spiro atoms. The van der Waals surface area contributed by atoms with E-state index in [4.69, 9.17) is 11.6 Å². The number of carbonyl (C=O) groups excluding carboxylic acids is 1. The predicted molar refractivity (Wildman–Crippen MR) is 112 cm³/mol. The van der Waals surface area contributed by atoms with Crippen molar-refractivity contribution in [2.45, 2.75) is 58.4 Å². The summed E-state index contributed by atoms with van der Waals surface area (Å²) >= 11 is 6.04. The van der Waals surface area contributed by atoms with E-state index >= 15 is 0 Å². The van der Waals surface area contributed by atoms with Gasteiger partial charge < -0.3 is 10.6 Å². The van der Waals surface area contributed by atoms with Gasteiger partial charge >= 0.3 is 0 Å². The van der Waals surface area contributed by atoms with E-state index in [1.807, 2.05) is 25.1 Å². The van der Waals surface area contributed by atoms with Crippen LogP contribution in [0.3, 0.4) is 0 Å². The second-order valence-corrected chi connectivity index (χ2v) is 9.68. The number of rotatable bonds is 5. The number of benzene rings is 1. The molecule has 4 aliphatic rings. The first-order valence-corrected chi connectivity index (χ1v) is 10.7. The Bertz CT molecular complexity index is 819. The molecular weight excluding hydrogens is 370 g/mol. The summed E-state index contributed by atoms with van der Waals surface area (Å²) in [5, 5.41) is 16.3. The average molecular weight is 398 g/mol. The maximum absolute atomic E-state index is 12.8. The van der Waals surface area contributed by atoms with Crippen molar-refractivity contribution < 1.29 is 4.79 Å². The molecule has 1 aromatic rings. The molecule has 4 aliphatic carbocycles. The van der Waals surface area contributed by atoms with E-state index in [1.54, 1.807) is 6.07 Å². The Balaban J connectivity index is 1.44. The molecule has 0 aliphatic heterocycles. The van der Waals surface area contributed by atoms with Gasteiger partial charge in [-0.15, -0.1) is 0 Å². The zero-order chi connectivity index (χ0) is 19.9.